The van der Waals surface area contributed by atoms with Crippen LogP contribution in [-0.2, 0) is 0 Å². The minimum atomic E-state index is 0.711. The van der Waals surface area contributed by atoms with Gasteiger partial charge in [0.2, 0.25) is 0 Å². The van der Waals surface area contributed by atoms with Crippen LogP contribution in [0.2, 0.25) is 0 Å². The van der Waals surface area contributed by atoms with E-state index in [9.17, 15) is 0 Å². The number of nitrogens with zero attached hydrogens (tertiary/aromatic N) is 2. The molecular weight excluding hydrogens is 188 g/mol. The number of hydrogen-bond acceptors (Lipinski definition) is 4. The molecule has 0 saturated heterocycles. The van der Waals surface area contributed by atoms with Crippen LogP contribution in [0.4, 0.5) is 11.6 Å². The highest BCUT2D eigenvalue weighted by molar-refractivity contribution is 5.46. The molecule has 15 heavy (non-hydrogen) atoms. The summed E-state index contributed by atoms with van der Waals surface area (Å²) in [6.45, 7) is 6.36. The highest BCUT2D eigenvalue weighted by Crippen LogP contribution is 2.13. The third-order valence-electron chi connectivity index (χ3n) is 2.37. The lowest BCUT2D eigenvalue weighted by Gasteiger charge is -2.21. The Morgan fingerprint density at radius 2 is 2.20 bits per heavy atom. The maximum atomic E-state index is 5.33. The SMILES string of the molecule is CCCCN(CC)c1cccc(NN)n1. The molecule has 4 nitrogen and oxygen atoms in total. The largest absolute Gasteiger partial charge is 0.357 e. The van der Waals surface area contributed by atoms with Crippen molar-refractivity contribution in [1.82, 2.24) is 4.98 Å². The van der Waals surface area contributed by atoms with E-state index in [0.717, 1.165) is 18.9 Å². The first-order chi connectivity index (χ1) is 7.31. The van der Waals surface area contributed by atoms with E-state index in [1.54, 1.807) is 0 Å². The van der Waals surface area contributed by atoms with Gasteiger partial charge in [0.15, 0.2) is 0 Å². The monoisotopic (exact) mass is 208 g/mol. The van der Waals surface area contributed by atoms with Gasteiger partial charge in [0.05, 0.1) is 0 Å². The topological polar surface area (TPSA) is 54.2 Å². The van der Waals surface area contributed by atoms with Crippen molar-refractivity contribution in [3.8, 4) is 0 Å². The second-order valence-corrected chi connectivity index (χ2v) is 3.46. The molecule has 0 bridgehead atoms. The fourth-order valence-electron chi connectivity index (χ4n) is 1.46. The van der Waals surface area contributed by atoms with E-state index in [-0.39, 0.29) is 0 Å². The van der Waals surface area contributed by atoms with Gasteiger partial charge in [0, 0.05) is 13.1 Å². The van der Waals surface area contributed by atoms with Gasteiger partial charge >= 0.3 is 0 Å². The molecule has 1 heterocycles. The van der Waals surface area contributed by atoms with Crippen molar-refractivity contribution in [1.29, 1.82) is 0 Å². The molecule has 0 amide bonds. The Kier molecular flexibility index (Phi) is 4.90. The van der Waals surface area contributed by atoms with Crippen LogP contribution >= 0.6 is 0 Å². The molecule has 4 heteroatoms. The quantitative estimate of drug-likeness (QED) is 0.554. The molecule has 0 radical (unpaired) electrons. The average Bonchev–Trinajstić information content (AvgIpc) is 2.30. The van der Waals surface area contributed by atoms with Gasteiger partial charge in [-0.05, 0) is 25.5 Å². The molecule has 0 fully saturated rings. The highest BCUT2D eigenvalue weighted by Gasteiger charge is 2.04. The van der Waals surface area contributed by atoms with Gasteiger partial charge in [0.1, 0.15) is 11.6 Å². The van der Waals surface area contributed by atoms with Crippen LogP contribution in [0.5, 0.6) is 0 Å². The Hall–Kier alpha value is -1.29. The molecule has 0 aliphatic carbocycles. The number of rotatable bonds is 6. The lowest BCUT2D eigenvalue weighted by atomic mass is 10.3. The fraction of sp³-hybridized carbons (Fsp3) is 0.545. The number of nitrogens with two attached hydrogens (primary N) is 1. The van der Waals surface area contributed by atoms with E-state index in [4.69, 9.17) is 5.84 Å². The summed E-state index contributed by atoms with van der Waals surface area (Å²) in [6.07, 6.45) is 2.39. The number of aromatic nitrogens is 1. The smallest absolute Gasteiger partial charge is 0.142 e. The second-order valence-electron chi connectivity index (χ2n) is 3.46. The summed E-state index contributed by atoms with van der Waals surface area (Å²) in [4.78, 5) is 6.66. The van der Waals surface area contributed by atoms with Crippen molar-refractivity contribution < 1.29 is 0 Å². The second kappa shape index (κ2) is 6.24. The molecule has 0 aliphatic heterocycles. The van der Waals surface area contributed by atoms with Crippen molar-refractivity contribution in [2.24, 2.45) is 5.84 Å². The lowest BCUT2D eigenvalue weighted by Crippen LogP contribution is -2.25. The van der Waals surface area contributed by atoms with E-state index in [0.29, 0.717) is 5.82 Å². The standard InChI is InChI=1S/C11H20N4/c1-3-5-9-15(4-2)11-8-6-7-10(13-11)14-12/h6-8H,3-5,9,12H2,1-2H3,(H,13,14). The Balaban J connectivity index is 2.72. The van der Waals surface area contributed by atoms with Crippen LogP contribution in [0.3, 0.4) is 0 Å². The minimum absolute atomic E-state index is 0.711. The molecule has 0 aromatic carbocycles. The maximum absolute atomic E-state index is 5.33. The molecule has 3 N–H and O–H groups in total. The molecule has 0 saturated carbocycles. The summed E-state index contributed by atoms with van der Waals surface area (Å²) in [5.41, 5.74) is 2.56. The van der Waals surface area contributed by atoms with Crippen molar-refractivity contribution in [2.75, 3.05) is 23.4 Å². The fourth-order valence-corrected chi connectivity index (χ4v) is 1.46. The lowest BCUT2D eigenvalue weighted by molar-refractivity contribution is 0.724. The van der Waals surface area contributed by atoms with Crippen LogP contribution in [0, 0.1) is 0 Å². The number of hydrazine groups is 1. The number of nitrogens with one attached hydrogen (secondary N) is 1. The predicted octanol–water partition coefficient (Wildman–Crippen LogP) is 1.99. The number of unbranched alkanes of at least 4 members (excludes halogenated alkanes) is 1. The van der Waals surface area contributed by atoms with Crippen LogP contribution in [0.15, 0.2) is 18.2 Å². The van der Waals surface area contributed by atoms with E-state index in [1.807, 2.05) is 18.2 Å². The molecular formula is C11H20N4. The van der Waals surface area contributed by atoms with Gasteiger partial charge in [0.25, 0.3) is 0 Å². The summed E-state index contributed by atoms with van der Waals surface area (Å²) in [5, 5.41) is 0. The van der Waals surface area contributed by atoms with Gasteiger partial charge in [-0.2, -0.15) is 0 Å². The Morgan fingerprint density at radius 1 is 1.40 bits per heavy atom. The van der Waals surface area contributed by atoms with Crippen LogP contribution in [0.25, 0.3) is 0 Å². The van der Waals surface area contributed by atoms with Crippen LogP contribution < -0.4 is 16.2 Å². The molecule has 0 unspecified atom stereocenters. The zero-order chi connectivity index (χ0) is 11.1. The number of anilines is 2. The first-order valence-electron chi connectivity index (χ1n) is 5.50. The van der Waals surface area contributed by atoms with Crippen molar-refractivity contribution in [3.05, 3.63) is 18.2 Å². The number of pyridine rings is 1. The average molecular weight is 208 g/mol. The van der Waals surface area contributed by atoms with E-state index < -0.39 is 0 Å². The van der Waals surface area contributed by atoms with Crippen molar-refractivity contribution >= 4 is 11.6 Å². The van der Waals surface area contributed by atoms with E-state index >= 15 is 0 Å². The minimum Gasteiger partial charge on any atom is -0.357 e. The Morgan fingerprint density at radius 3 is 2.80 bits per heavy atom. The van der Waals surface area contributed by atoms with Crippen LogP contribution in [-0.4, -0.2) is 18.1 Å². The van der Waals surface area contributed by atoms with Crippen LogP contribution in [0.1, 0.15) is 26.7 Å². The normalized spacial score (nSPS) is 10.1. The molecule has 1 aromatic rings. The van der Waals surface area contributed by atoms with Gasteiger partial charge in [-0.15, -0.1) is 0 Å². The zero-order valence-corrected chi connectivity index (χ0v) is 9.53. The molecule has 1 rings (SSSR count). The number of hydrogen-bond donors (Lipinski definition) is 2. The third-order valence-corrected chi connectivity index (χ3v) is 2.37. The van der Waals surface area contributed by atoms with Crippen molar-refractivity contribution in [2.45, 2.75) is 26.7 Å². The molecule has 0 aliphatic rings. The molecule has 0 spiro atoms. The van der Waals surface area contributed by atoms with Gasteiger partial charge in [-0.1, -0.05) is 19.4 Å². The summed E-state index contributed by atoms with van der Waals surface area (Å²) in [6, 6.07) is 5.84. The van der Waals surface area contributed by atoms with Gasteiger partial charge in [-0.25, -0.2) is 10.8 Å². The molecule has 1 aromatic heterocycles. The molecule has 84 valence electrons. The summed E-state index contributed by atoms with van der Waals surface area (Å²) in [7, 11) is 0. The van der Waals surface area contributed by atoms with E-state index in [2.05, 4.69) is 29.2 Å². The summed E-state index contributed by atoms with van der Waals surface area (Å²) < 4.78 is 0. The molecule has 0 atom stereocenters. The van der Waals surface area contributed by atoms with Crippen molar-refractivity contribution in [3.63, 3.8) is 0 Å². The first-order valence-corrected chi connectivity index (χ1v) is 5.50. The first kappa shape index (κ1) is 11.8. The Bertz CT molecular complexity index is 288. The highest BCUT2D eigenvalue weighted by atomic mass is 15.3. The van der Waals surface area contributed by atoms with Gasteiger partial charge < -0.3 is 10.3 Å². The summed E-state index contributed by atoms with van der Waals surface area (Å²) in [5.74, 6) is 7.03. The summed E-state index contributed by atoms with van der Waals surface area (Å²) >= 11 is 0. The predicted molar refractivity (Wildman–Crippen MR) is 64.8 cm³/mol. The van der Waals surface area contributed by atoms with Gasteiger partial charge in [-0.3, -0.25) is 0 Å². The number of nitrogen functional groups attached to an aromatic ring is 1. The Labute approximate surface area is 91.5 Å². The zero-order valence-electron chi connectivity index (χ0n) is 9.53. The van der Waals surface area contributed by atoms with E-state index in [1.165, 1.54) is 12.8 Å². The maximum Gasteiger partial charge on any atom is 0.142 e. The third kappa shape index (κ3) is 3.40.